The van der Waals surface area contributed by atoms with Crippen molar-refractivity contribution in [1.29, 1.82) is 0 Å². The minimum atomic E-state index is -1.60. The highest BCUT2D eigenvalue weighted by atomic mass is 16.5. The van der Waals surface area contributed by atoms with Crippen LogP contribution in [0.4, 0.5) is 0 Å². The van der Waals surface area contributed by atoms with E-state index in [9.17, 15) is 51.1 Å². The van der Waals surface area contributed by atoms with E-state index in [-0.39, 0.29) is 63.5 Å². The second-order valence-corrected chi connectivity index (χ2v) is 10.9. The van der Waals surface area contributed by atoms with Gasteiger partial charge < -0.3 is 60.5 Å². The molecule has 12 nitrogen and oxygen atoms in total. The van der Waals surface area contributed by atoms with Crippen LogP contribution in [-0.2, 0) is 12.8 Å². The molecule has 0 radical (unpaired) electrons. The molecule has 0 fully saturated rings. The van der Waals surface area contributed by atoms with Crippen molar-refractivity contribution in [3.63, 3.8) is 0 Å². The van der Waals surface area contributed by atoms with Crippen molar-refractivity contribution in [2.75, 3.05) is 0 Å². The van der Waals surface area contributed by atoms with Crippen molar-refractivity contribution in [2.45, 2.75) is 50.1 Å². The van der Waals surface area contributed by atoms with Gasteiger partial charge in [0.1, 0.15) is 46.7 Å². The molecule has 0 aliphatic carbocycles. The molecule has 0 amide bonds. The molecule has 10 N–H and O–H groups in total. The highest BCUT2D eigenvalue weighted by molar-refractivity contribution is 5.67. The molecular formula is C32H30O12. The number of hydrogen-bond donors (Lipinski definition) is 10. The highest BCUT2D eigenvalue weighted by Gasteiger charge is 2.47. The van der Waals surface area contributed by atoms with Gasteiger partial charge in [-0.1, -0.05) is 19.1 Å². The van der Waals surface area contributed by atoms with Crippen molar-refractivity contribution in [3.8, 4) is 57.5 Å². The van der Waals surface area contributed by atoms with Crippen LogP contribution in [0.15, 0.2) is 48.5 Å². The lowest BCUT2D eigenvalue weighted by Gasteiger charge is -2.41. The van der Waals surface area contributed by atoms with Crippen LogP contribution in [0.25, 0.3) is 0 Å². The number of phenols is 8. The van der Waals surface area contributed by atoms with Crippen molar-refractivity contribution < 1.29 is 60.5 Å². The number of fused-ring (bicyclic) bond motifs is 2. The molecule has 44 heavy (non-hydrogen) atoms. The van der Waals surface area contributed by atoms with E-state index in [1.807, 2.05) is 0 Å². The first-order valence-corrected chi connectivity index (χ1v) is 13.8. The summed E-state index contributed by atoms with van der Waals surface area (Å²) < 4.78 is 12.4. The Morgan fingerprint density at radius 2 is 1.11 bits per heavy atom. The summed E-state index contributed by atoms with van der Waals surface area (Å²) in [6.07, 6.45) is -5.21. The largest absolute Gasteiger partial charge is 0.507 e. The third kappa shape index (κ3) is 4.46. The summed E-state index contributed by atoms with van der Waals surface area (Å²) in [5, 5.41) is 107. The lowest BCUT2D eigenvalue weighted by molar-refractivity contribution is 0.000656. The summed E-state index contributed by atoms with van der Waals surface area (Å²) in [7, 11) is 0. The number of benzene rings is 4. The van der Waals surface area contributed by atoms with Gasteiger partial charge in [-0.3, -0.25) is 0 Å². The Morgan fingerprint density at radius 3 is 1.68 bits per heavy atom. The van der Waals surface area contributed by atoms with Gasteiger partial charge in [0, 0.05) is 40.8 Å². The van der Waals surface area contributed by atoms with Crippen LogP contribution >= 0.6 is 0 Å². The fourth-order valence-corrected chi connectivity index (χ4v) is 6.16. The summed E-state index contributed by atoms with van der Waals surface area (Å²) in [5.74, 6) is -4.88. The van der Waals surface area contributed by atoms with E-state index in [0.29, 0.717) is 0 Å². The molecule has 5 atom stereocenters. The maximum absolute atomic E-state index is 11.9. The minimum Gasteiger partial charge on any atom is -0.507 e. The van der Waals surface area contributed by atoms with Gasteiger partial charge in [-0.25, -0.2) is 0 Å². The Hall–Kier alpha value is -5.20. The summed E-state index contributed by atoms with van der Waals surface area (Å²) in [4.78, 5) is 0. The first-order chi connectivity index (χ1) is 20.9. The second kappa shape index (κ2) is 10.5. The van der Waals surface area contributed by atoms with Gasteiger partial charge in [0.2, 0.25) is 0 Å². The zero-order chi connectivity index (χ0) is 31.6. The van der Waals surface area contributed by atoms with Crippen LogP contribution in [0, 0.1) is 0 Å². The van der Waals surface area contributed by atoms with Gasteiger partial charge in [0.25, 0.3) is 0 Å². The van der Waals surface area contributed by atoms with Crippen molar-refractivity contribution in [3.05, 3.63) is 81.9 Å². The Kier molecular flexibility index (Phi) is 6.90. The fourth-order valence-electron chi connectivity index (χ4n) is 6.16. The van der Waals surface area contributed by atoms with Gasteiger partial charge in [0.15, 0.2) is 29.1 Å². The Bertz CT molecular complexity index is 1780. The number of aliphatic hydroxyl groups is 2. The fraction of sp³-hybridized carbons (Fsp3) is 0.250. The average molecular weight is 607 g/mol. The topological polar surface area (TPSA) is 221 Å². The zero-order valence-corrected chi connectivity index (χ0v) is 23.2. The summed E-state index contributed by atoms with van der Waals surface area (Å²) in [6, 6.07) is 9.74. The van der Waals surface area contributed by atoms with Gasteiger partial charge in [-0.05, 0) is 41.8 Å². The van der Waals surface area contributed by atoms with Gasteiger partial charge >= 0.3 is 0 Å². The lowest BCUT2D eigenvalue weighted by atomic mass is 9.76. The lowest BCUT2D eigenvalue weighted by Crippen LogP contribution is -2.37. The number of hydrogen-bond acceptors (Lipinski definition) is 12. The standard InChI is InChI=1S/C32H30O12/c1-2-14-18(35)10-22(39)25-27(28(42)30(44-31(14)25)13-4-6-17(34)21(38)8-13)26-23(40)11-19(36)15-9-24(41)29(43-32(15)26)12-3-5-16(33)20(37)7-12/h3-8,10-11,24,27-30,33-42H,2,9H2,1H3/t24-,27-,28-,29+,30+/m0/s1. The van der Waals surface area contributed by atoms with E-state index in [4.69, 9.17) is 9.47 Å². The number of phenolic OH excluding ortho intramolecular Hbond substituents is 8. The van der Waals surface area contributed by atoms with Crippen LogP contribution in [0.3, 0.4) is 0 Å². The van der Waals surface area contributed by atoms with E-state index in [2.05, 4.69) is 0 Å². The molecule has 0 aromatic heterocycles. The van der Waals surface area contributed by atoms with Gasteiger partial charge in [-0.15, -0.1) is 0 Å². The molecule has 4 aromatic carbocycles. The maximum atomic E-state index is 11.9. The molecule has 6 rings (SSSR count). The summed E-state index contributed by atoms with van der Waals surface area (Å²) in [6.45, 7) is 1.74. The first-order valence-electron chi connectivity index (χ1n) is 13.8. The molecule has 4 aromatic rings. The minimum absolute atomic E-state index is 0.00291. The van der Waals surface area contributed by atoms with E-state index < -0.39 is 70.6 Å². The summed E-state index contributed by atoms with van der Waals surface area (Å²) in [5.41, 5.74) is 0.781. The Labute approximate surface area is 250 Å². The van der Waals surface area contributed by atoms with Crippen LogP contribution in [0.5, 0.6) is 57.5 Å². The van der Waals surface area contributed by atoms with Crippen LogP contribution < -0.4 is 9.47 Å². The molecule has 2 aliphatic rings. The van der Waals surface area contributed by atoms with E-state index >= 15 is 0 Å². The third-order valence-electron chi connectivity index (χ3n) is 8.29. The normalized spacial score (nSPS) is 22.4. The first kappa shape index (κ1) is 28.9. The van der Waals surface area contributed by atoms with Gasteiger partial charge in [-0.2, -0.15) is 0 Å². The molecule has 0 spiro atoms. The monoisotopic (exact) mass is 606 g/mol. The Morgan fingerprint density at radius 1 is 0.591 bits per heavy atom. The molecule has 2 heterocycles. The van der Waals surface area contributed by atoms with Crippen LogP contribution in [-0.4, -0.2) is 63.3 Å². The molecule has 0 unspecified atom stereocenters. The molecule has 0 bridgehead atoms. The molecule has 0 saturated heterocycles. The molecule has 230 valence electrons. The van der Waals surface area contributed by atoms with Crippen LogP contribution in [0.2, 0.25) is 0 Å². The van der Waals surface area contributed by atoms with Crippen LogP contribution in [0.1, 0.15) is 58.4 Å². The van der Waals surface area contributed by atoms with E-state index in [0.717, 1.165) is 12.1 Å². The second-order valence-electron chi connectivity index (χ2n) is 10.9. The molecular weight excluding hydrogens is 576 g/mol. The Balaban J connectivity index is 1.59. The van der Waals surface area contributed by atoms with Crippen molar-refractivity contribution >= 4 is 0 Å². The summed E-state index contributed by atoms with van der Waals surface area (Å²) >= 11 is 0. The predicted molar refractivity (Wildman–Crippen MR) is 153 cm³/mol. The van der Waals surface area contributed by atoms with Crippen molar-refractivity contribution in [1.82, 2.24) is 0 Å². The molecule has 12 heteroatoms. The molecule has 0 saturated carbocycles. The SMILES string of the molecule is CCc1c(O)cc(O)c2c1O[C@H](c1ccc(O)c(O)c1)[C@@H](O)[C@@H]2c1c(O)cc(O)c2c1O[C@H](c1ccc(O)c(O)c1)[C@@H](O)C2. The quantitative estimate of drug-likeness (QED) is 0.151. The zero-order valence-electron chi connectivity index (χ0n) is 23.2. The molecule has 2 aliphatic heterocycles. The van der Waals surface area contributed by atoms with Gasteiger partial charge in [0.05, 0.1) is 12.0 Å². The average Bonchev–Trinajstić information content (AvgIpc) is 2.97. The number of aromatic hydroxyl groups is 8. The smallest absolute Gasteiger partial charge is 0.157 e. The maximum Gasteiger partial charge on any atom is 0.157 e. The van der Waals surface area contributed by atoms with E-state index in [1.54, 1.807) is 6.92 Å². The van der Waals surface area contributed by atoms with E-state index in [1.165, 1.54) is 36.4 Å². The number of aliphatic hydroxyl groups excluding tert-OH is 2. The third-order valence-corrected chi connectivity index (χ3v) is 8.29. The predicted octanol–water partition coefficient (Wildman–Crippen LogP) is 3.56. The number of rotatable bonds is 4. The van der Waals surface area contributed by atoms with Crippen molar-refractivity contribution in [2.24, 2.45) is 0 Å². The highest BCUT2D eigenvalue weighted by Crippen LogP contribution is 2.58. The number of ether oxygens (including phenoxy) is 2.